The van der Waals surface area contributed by atoms with Crippen LogP contribution in [0.1, 0.15) is 51.5 Å². The molecule has 1 aliphatic rings. The van der Waals surface area contributed by atoms with Crippen LogP contribution in [0.2, 0.25) is 0 Å². The van der Waals surface area contributed by atoms with Gasteiger partial charge in [-0.25, -0.2) is 9.97 Å². The first-order valence-electron chi connectivity index (χ1n) is 10.9. The van der Waals surface area contributed by atoms with E-state index in [1.54, 1.807) is 0 Å². The van der Waals surface area contributed by atoms with Crippen LogP contribution < -0.4 is 4.90 Å². The molecule has 0 unspecified atom stereocenters. The van der Waals surface area contributed by atoms with E-state index in [4.69, 9.17) is 9.97 Å². The monoisotopic (exact) mass is 507 g/mol. The molecule has 0 saturated carbocycles. The molecular weight excluding hydrogens is 475 g/mol. The Morgan fingerprint density at radius 3 is 2.24 bits per heavy atom. The number of nitrogens with zero attached hydrogens (tertiary/aromatic N) is 7. The average molecular weight is 508 g/mol. The van der Waals surface area contributed by atoms with Crippen molar-refractivity contribution in [2.75, 3.05) is 43.4 Å². The number of rotatable bonds is 7. The third kappa shape index (κ3) is 7.19. The first-order valence-corrected chi connectivity index (χ1v) is 11.9. The SMILES string of the molecule is CCc1cc(N2CCN(CCCSc3nnc(C(F)(F)F)n3C)CC2)nc(C(C)(C)C)n1.Cl. The van der Waals surface area contributed by atoms with Crippen LogP contribution in [0.4, 0.5) is 19.0 Å². The summed E-state index contributed by atoms with van der Waals surface area (Å²) in [6.45, 7) is 13.1. The standard InChI is InChI=1S/C21H32F3N7S.ClH/c1-6-15-14-16(26-17(25-15)20(2,3)4)31-11-9-30(10-12-31)8-7-13-32-19-28-27-18(29(19)5)21(22,23)24;/h14H,6-13H2,1-5H3;1H. The van der Waals surface area contributed by atoms with Gasteiger partial charge in [0.05, 0.1) is 0 Å². The Balaban J connectivity index is 0.00000385. The van der Waals surface area contributed by atoms with Gasteiger partial charge in [0.15, 0.2) is 5.16 Å². The number of thioether (sulfide) groups is 1. The van der Waals surface area contributed by atoms with E-state index in [1.807, 2.05) is 0 Å². The van der Waals surface area contributed by atoms with Gasteiger partial charge in [0.1, 0.15) is 11.6 Å². The van der Waals surface area contributed by atoms with E-state index in [-0.39, 0.29) is 17.8 Å². The van der Waals surface area contributed by atoms with Gasteiger partial charge in [-0.3, -0.25) is 4.90 Å². The normalized spacial score (nSPS) is 15.6. The first kappa shape index (κ1) is 27.7. The van der Waals surface area contributed by atoms with Crippen molar-refractivity contribution in [3.63, 3.8) is 0 Å². The van der Waals surface area contributed by atoms with Crippen molar-refractivity contribution < 1.29 is 13.2 Å². The van der Waals surface area contributed by atoms with Crippen molar-refractivity contribution in [3.8, 4) is 0 Å². The summed E-state index contributed by atoms with van der Waals surface area (Å²) in [7, 11) is 1.35. The highest BCUT2D eigenvalue weighted by molar-refractivity contribution is 7.99. The fraction of sp³-hybridized carbons (Fsp3) is 0.714. The minimum absolute atomic E-state index is 0. The van der Waals surface area contributed by atoms with Crippen LogP contribution in [0.15, 0.2) is 11.2 Å². The summed E-state index contributed by atoms with van der Waals surface area (Å²) in [5, 5.41) is 7.24. The maximum absolute atomic E-state index is 12.8. The summed E-state index contributed by atoms with van der Waals surface area (Å²) in [4.78, 5) is 14.2. The maximum Gasteiger partial charge on any atom is 0.451 e. The molecule has 186 valence electrons. The number of aryl methyl sites for hydroxylation is 1. The van der Waals surface area contributed by atoms with Gasteiger partial charge in [-0.1, -0.05) is 39.5 Å². The second-order valence-electron chi connectivity index (χ2n) is 9.04. The Labute approximate surface area is 204 Å². The van der Waals surface area contributed by atoms with Crippen LogP contribution in [0.25, 0.3) is 0 Å². The predicted octanol–water partition coefficient (Wildman–Crippen LogP) is 4.21. The van der Waals surface area contributed by atoms with Crippen LogP contribution in [-0.4, -0.2) is 68.1 Å². The van der Waals surface area contributed by atoms with Crippen molar-refractivity contribution in [1.82, 2.24) is 29.6 Å². The van der Waals surface area contributed by atoms with Crippen molar-refractivity contribution in [1.29, 1.82) is 0 Å². The quantitative estimate of drug-likeness (QED) is 0.411. The molecule has 3 heterocycles. The number of anilines is 1. The van der Waals surface area contributed by atoms with E-state index in [2.05, 4.69) is 53.8 Å². The minimum Gasteiger partial charge on any atom is -0.354 e. The molecule has 1 fully saturated rings. The smallest absolute Gasteiger partial charge is 0.354 e. The fourth-order valence-electron chi connectivity index (χ4n) is 3.50. The van der Waals surface area contributed by atoms with E-state index >= 15 is 0 Å². The van der Waals surface area contributed by atoms with Gasteiger partial charge < -0.3 is 9.47 Å². The minimum atomic E-state index is -4.48. The number of halogens is 4. The van der Waals surface area contributed by atoms with Gasteiger partial charge in [-0.2, -0.15) is 13.2 Å². The third-order valence-corrected chi connectivity index (χ3v) is 6.54. The van der Waals surface area contributed by atoms with Crippen LogP contribution in [0.5, 0.6) is 0 Å². The molecule has 33 heavy (non-hydrogen) atoms. The molecule has 0 aliphatic carbocycles. The number of aromatic nitrogens is 5. The largest absolute Gasteiger partial charge is 0.451 e. The number of hydrogen-bond donors (Lipinski definition) is 0. The molecule has 0 amide bonds. The van der Waals surface area contributed by atoms with Crippen LogP contribution in [-0.2, 0) is 25.1 Å². The predicted molar refractivity (Wildman–Crippen MR) is 127 cm³/mol. The van der Waals surface area contributed by atoms with Crippen molar-refractivity contribution in [3.05, 3.63) is 23.4 Å². The highest BCUT2D eigenvalue weighted by atomic mass is 35.5. The van der Waals surface area contributed by atoms with Gasteiger partial charge >= 0.3 is 6.18 Å². The fourth-order valence-corrected chi connectivity index (χ4v) is 4.34. The van der Waals surface area contributed by atoms with E-state index in [0.29, 0.717) is 10.9 Å². The zero-order valence-electron chi connectivity index (χ0n) is 19.8. The number of hydrogen-bond acceptors (Lipinski definition) is 7. The lowest BCUT2D eigenvalue weighted by Crippen LogP contribution is -2.47. The molecule has 0 bridgehead atoms. The molecule has 1 aliphatic heterocycles. The molecule has 12 heteroatoms. The van der Waals surface area contributed by atoms with Crippen molar-refractivity contribution in [2.24, 2.45) is 7.05 Å². The van der Waals surface area contributed by atoms with E-state index in [0.717, 1.165) is 67.5 Å². The van der Waals surface area contributed by atoms with Crippen LogP contribution >= 0.6 is 24.2 Å². The summed E-state index contributed by atoms with van der Waals surface area (Å²) >= 11 is 1.31. The van der Waals surface area contributed by atoms with Gasteiger partial charge in [0.2, 0.25) is 5.82 Å². The molecular formula is C21H33ClF3N7S. The Morgan fingerprint density at radius 1 is 1.03 bits per heavy atom. The van der Waals surface area contributed by atoms with Gasteiger partial charge in [-0.05, 0) is 19.4 Å². The summed E-state index contributed by atoms with van der Waals surface area (Å²) in [5.41, 5.74) is 0.972. The van der Waals surface area contributed by atoms with Crippen molar-refractivity contribution in [2.45, 2.75) is 57.3 Å². The molecule has 1 saturated heterocycles. The second kappa shape index (κ2) is 11.2. The Kier molecular flexibility index (Phi) is 9.41. The van der Waals surface area contributed by atoms with Crippen molar-refractivity contribution >= 4 is 30.0 Å². The Morgan fingerprint density at radius 2 is 1.70 bits per heavy atom. The van der Waals surface area contributed by atoms with E-state index < -0.39 is 12.0 Å². The highest BCUT2D eigenvalue weighted by Gasteiger charge is 2.37. The average Bonchev–Trinajstić information content (AvgIpc) is 3.11. The molecule has 0 atom stereocenters. The molecule has 0 spiro atoms. The van der Waals surface area contributed by atoms with Crippen LogP contribution in [0, 0.1) is 0 Å². The van der Waals surface area contributed by atoms with Gasteiger partial charge in [0, 0.05) is 56.2 Å². The number of alkyl halides is 3. The zero-order valence-corrected chi connectivity index (χ0v) is 21.4. The Hall–Kier alpha value is -1.59. The molecule has 3 rings (SSSR count). The number of piperazine rings is 1. The summed E-state index contributed by atoms with van der Waals surface area (Å²) in [6, 6.07) is 2.09. The lowest BCUT2D eigenvalue weighted by Gasteiger charge is -2.36. The lowest BCUT2D eigenvalue weighted by atomic mass is 9.95. The zero-order chi connectivity index (χ0) is 23.5. The molecule has 2 aromatic heterocycles. The molecule has 0 radical (unpaired) electrons. The highest BCUT2D eigenvalue weighted by Crippen LogP contribution is 2.29. The van der Waals surface area contributed by atoms with Gasteiger partial charge in [0.25, 0.3) is 0 Å². The molecule has 2 aromatic rings. The van der Waals surface area contributed by atoms with Crippen LogP contribution in [0.3, 0.4) is 0 Å². The topological polar surface area (TPSA) is 63.0 Å². The maximum atomic E-state index is 12.8. The second-order valence-corrected chi connectivity index (χ2v) is 10.1. The van der Waals surface area contributed by atoms with E-state index in [9.17, 15) is 13.2 Å². The lowest BCUT2D eigenvalue weighted by molar-refractivity contribution is -0.147. The third-order valence-electron chi connectivity index (χ3n) is 5.43. The molecule has 0 aromatic carbocycles. The first-order chi connectivity index (χ1) is 15.0. The Bertz CT molecular complexity index is 906. The van der Waals surface area contributed by atoms with Gasteiger partial charge in [-0.15, -0.1) is 22.6 Å². The summed E-state index contributed by atoms with van der Waals surface area (Å²) < 4.78 is 39.5. The summed E-state index contributed by atoms with van der Waals surface area (Å²) in [6.07, 6.45) is -2.72. The van der Waals surface area contributed by atoms with E-state index in [1.165, 1.54) is 18.8 Å². The molecule has 7 nitrogen and oxygen atoms in total. The molecule has 0 N–H and O–H groups in total. The summed E-state index contributed by atoms with van der Waals surface area (Å²) in [5.74, 6) is 1.62.